The van der Waals surface area contributed by atoms with Gasteiger partial charge in [0.05, 0.1) is 11.5 Å². The van der Waals surface area contributed by atoms with Crippen molar-refractivity contribution in [3.63, 3.8) is 0 Å². The van der Waals surface area contributed by atoms with E-state index in [1.165, 1.54) is 0 Å². The standard InChI is InChI=1S/C14H21NO4S/c16-11-4-12-19-13-5-7-14(8-6-13)20(17,18)15-9-2-1-3-10-15/h5-8,16H,1-4,9-12H2. The number of hydrogen-bond donors (Lipinski definition) is 1. The maximum atomic E-state index is 12.4. The van der Waals surface area contributed by atoms with Gasteiger partial charge in [-0.1, -0.05) is 6.42 Å². The average Bonchev–Trinajstić information content (AvgIpc) is 2.49. The highest BCUT2D eigenvalue weighted by Crippen LogP contribution is 2.22. The lowest BCUT2D eigenvalue weighted by molar-refractivity contribution is 0.233. The van der Waals surface area contributed by atoms with Crippen molar-refractivity contribution >= 4 is 10.0 Å². The van der Waals surface area contributed by atoms with Gasteiger partial charge in [-0.25, -0.2) is 8.42 Å². The Kier molecular flexibility index (Phi) is 5.39. The van der Waals surface area contributed by atoms with Crippen LogP contribution < -0.4 is 4.74 Å². The molecule has 0 bridgehead atoms. The molecule has 5 nitrogen and oxygen atoms in total. The number of nitrogens with zero attached hydrogens (tertiary/aromatic N) is 1. The van der Waals surface area contributed by atoms with Crippen LogP contribution in [0.5, 0.6) is 5.75 Å². The molecule has 0 aromatic heterocycles. The maximum absolute atomic E-state index is 12.4. The van der Waals surface area contributed by atoms with Crippen molar-refractivity contribution < 1.29 is 18.3 Å². The fourth-order valence-electron chi connectivity index (χ4n) is 2.22. The molecule has 1 N–H and O–H groups in total. The molecule has 2 rings (SSSR count). The van der Waals surface area contributed by atoms with Crippen LogP contribution in [-0.2, 0) is 10.0 Å². The predicted molar refractivity (Wildman–Crippen MR) is 76.2 cm³/mol. The van der Waals surface area contributed by atoms with Gasteiger partial charge in [-0.3, -0.25) is 0 Å². The van der Waals surface area contributed by atoms with E-state index < -0.39 is 10.0 Å². The number of sulfonamides is 1. The molecule has 0 aliphatic carbocycles. The van der Waals surface area contributed by atoms with E-state index in [1.807, 2.05) is 0 Å². The van der Waals surface area contributed by atoms with E-state index in [0.29, 0.717) is 36.8 Å². The number of aliphatic hydroxyl groups is 1. The van der Waals surface area contributed by atoms with Crippen LogP contribution in [0.15, 0.2) is 29.2 Å². The minimum atomic E-state index is -3.37. The molecule has 1 aromatic carbocycles. The Labute approximate surface area is 120 Å². The van der Waals surface area contributed by atoms with E-state index in [2.05, 4.69) is 0 Å². The molecule has 1 heterocycles. The van der Waals surface area contributed by atoms with Crippen molar-refractivity contribution in [2.45, 2.75) is 30.6 Å². The summed E-state index contributed by atoms with van der Waals surface area (Å²) < 4.78 is 31.8. The molecule has 1 aliphatic heterocycles. The molecule has 1 aliphatic rings. The summed E-state index contributed by atoms with van der Waals surface area (Å²) >= 11 is 0. The van der Waals surface area contributed by atoms with Gasteiger partial charge in [0, 0.05) is 26.1 Å². The van der Waals surface area contributed by atoms with Gasteiger partial charge in [0.15, 0.2) is 0 Å². The smallest absolute Gasteiger partial charge is 0.243 e. The van der Waals surface area contributed by atoms with Crippen LogP contribution >= 0.6 is 0 Å². The Bertz CT molecular complexity index is 506. The van der Waals surface area contributed by atoms with Gasteiger partial charge in [-0.2, -0.15) is 4.31 Å². The summed E-state index contributed by atoms with van der Waals surface area (Å²) in [5, 5.41) is 8.67. The van der Waals surface area contributed by atoms with Crippen molar-refractivity contribution in [2.75, 3.05) is 26.3 Å². The molecule has 1 aromatic rings. The van der Waals surface area contributed by atoms with Crippen LogP contribution in [0.3, 0.4) is 0 Å². The number of ether oxygens (including phenoxy) is 1. The Morgan fingerprint density at radius 2 is 1.75 bits per heavy atom. The second kappa shape index (κ2) is 7.06. The zero-order valence-electron chi connectivity index (χ0n) is 11.5. The lowest BCUT2D eigenvalue weighted by Gasteiger charge is -2.25. The second-order valence-corrected chi connectivity index (χ2v) is 6.80. The Hall–Kier alpha value is -1.11. The third-order valence-electron chi connectivity index (χ3n) is 3.35. The first kappa shape index (κ1) is 15.3. The van der Waals surface area contributed by atoms with Gasteiger partial charge < -0.3 is 9.84 Å². The summed E-state index contributed by atoms with van der Waals surface area (Å²) in [6, 6.07) is 6.48. The summed E-state index contributed by atoms with van der Waals surface area (Å²) in [6.07, 6.45) is 3.53. The fraction of sp³-hybridized carbons (Fsp3) is 0.571. The van der Waals surface area contributed by atoms with E-state index in [9.17, 15) is 8.42 Å². The SMILES string of the molecule is O=S(=O)(c1ccc(OCCCO)cc1)N1CCCCC1. The number of hydrogen-bond acceptors (Lipinski definition) is 4. The van der Waals surface area contributed by atoms with Gasteiger partial charge in [0.25, 0.3) is 0 Å². The molecule has 20 heavy (non-hydrogen) atoms. The molecule has 1 saturated heterocycles. The lowest BCUT2D eigenvalue weighted by Crippen LogP contribution is -2.35. The lowest BCUT2D eigenvalue weighted by atomic mass is 10.2. The van der Waals surface area contributed by atoms with Crippen molar-refractivity contribution in [2.24, 2.45) is 0 Å². The van der Waals surface area contributed by atoms with Crippen LogP contribution in [0, 0.1) is 0 Å². The first-order chi connectivity index (χ1) is 9.64. The zero-order valence-corrected chi connectivity index (χ0v) is 12.3. The zero-order chi connectivity index (χ0) is 14.4. The summed E-state index contributed by atoms with van der Waals surface area (Å²) in [5.41, 5.74) is 0. The van der Waals surface area contributed by atoms with Gasteiger partial charge >= 0.3 is 0 Å². The highest BCUT2D eigenvalue weighted by molar-refractivity contribution is 7.89. The highest BCUT2D eigenvalue weighted by atomic mass is 32.2. The van der Waals surface area contributed by atoms with Crippen molar-refractivity contribution in [1.29, 1.82) is 0 Å². The quantitative estimate of drug-likeness (QED) is 0.811. The highest BCUT2D eigenvalue weighted by Gasteiger charge is 2.25. The molecule has 0 spiro atoms. The molecule has 0 saturated carbocycles. The largest absolute Gasteiger partial charge is 0.494 e. The van der Waals surface area contributed by atoms with Crippen LogP contribution in [0.25, 0.3) is 0 Å². The number of benzene rings is 1. The van der Waals surface area contributed by atoms with Crippen LogP contribution in [-0.4, -0.2) is 44.1 Å². The molecule has 6 heteroatoms. The van der Waals surface area contributed by atoms with Crippen LogP contribution in [0.4, 0.5) is 0 Å². The molecule has 0 unspecified atom stereocenters. The molecular weight excluding hydrogens is 278 g/mol. The average molecular weight is 299 g/mol. The molecular formula is C14H21NO4S. The second-order valence-electron chi connectivity index (χ2n) is 4.86. The van der Waals surface area contributed by atoms with E-state index in [-0.39, 0.29) is 6.61 Å². The van der Waals surface area contributed by atoms with E-state index >= 15 is 0 Å². The third kappa shape index (κ3) is 3.71. The van der Waals surface area contributed by atoms with Crippen LogP contribution in [0.1, 0.15) is 25.7 Å². The molecule has 0 radical (unpaired) electrons. The normalized spacial score (nSPS) is 17.1. The minimum Gasteiger partial charge on any atom is -0.494 e. The molecule has 0 amide bonds. The Morgan fingerprint density at radius 3 is 2.35 bits per heavy atom. The Morgan fingerprint density at radius 1 is 1.10 bits per heavy atom. The van der Waals surface area contributed by atoms with Crippen molar-refractivity contribution in [3.8, 4) is 5.75 Å². The summed E-state index contributed by atoms with van der Waals surface area (Å²) in [5.74, 6) is 0.621. The molecule has 1 fully saturated rings. The van der Waals surface area contributed by atoms with E-state index in [1.54, 1.807) is 28.6 Å². The van der Waals surface area contributed by atoms with Gasteiger partial charge in [-0.05, 0) is 37.1 Å². The number of aliphatic hydroxyl groups excluding tert-OH is 1. The molecule has 112 valence electrons. The van der Waals surface area contributed by atoms with E-state index in [0.717, 1.165) is 19.3 Å². The minimum absolute atomic E-state index is 0.0847. The van der Waals surface area contributed by atoms with Crippen molar-refractivity contribution in [3.05, 3.63) is 24.3 Å². The summed E-state index contributed by atoms with van der Waals surface area (Å²) in [4.78, 5) is 0.314. The maximum Gasteiger partial charge on any atom is 0.243 e. The molecule has 0 atom stereocenters. The van der Waals surface area contributed by atoms with Gasteiger partial charge in [-0.15, -0.1) is 0 Å². The van der Waals surface area contributed by atoms with Gasteiger partial charge in [0.2, 0.25) is 10.0 Å². The third-order valence-corrected chi connectivity index (χ3v) is 5.26. The summed E-state index contributed by atoms with van der Waals surface area (Å²) in [7, 11) is -3.37. The number of piperidine rings is 1. The van der Waals surface area contributed by atoms with Crippen LogP contribution in [0.2, 0.25) is 0 Å². The van der Waals surface area contributed by atoms with E-state index in [4.69, 9.17) is 9.84 Å². The topological polar surface area (TPSA) is 66.8 Å². The number of rotatable bonds is 6. The fourth-order valence-corrected chi connectivity index (χ4v) is 3.73. The van der Waals surface area contributed by atoms with Crippen molar-refractivity contribution in [1.82, 2.24) is 4.31 Å². The monoisotopic (exact) mass is 299 g/mol. The van der Waals surface area contributed by atoms with Gasteiger partial charge in [0.1, 0.15) is 5.75 Å². The first-order valence-corrected chi connectivity index (χ1v) is 8.42. The Balaban J connectivity index is 2.04. The first-order valence-electron chi connectivity index (χ1n) is 6.98. The summed E-state index contributed by atoms with van der Waals surface area (Å²) in [6.45, 7) is 1.73. The predicted octanol–water partition coefficient (Wildman–Crippen LogP) is 1.62.